The van der Waals surface area contributed by atoms with Crippen LogP contribution in [0.2, 0.25) is 0 Å². The van der Waals surface area contributed by atoms with E-state index in [9.17, 15) is 4.79 Å². The summed E-state index contributed by atoms with van der Waals surface area (Å²) in [5.41, 5.74) is 1.92. The number of hydrogen-bond donors (Lipinski definition) is 3. The van der Waals surface area contributed by atoms with Gasteiger partial charge in [-0.1, -0.05) is 0 Å². The Labute approximate surface area is 87.3 Å². The van der Waals surface area contributed by atoms with Gasteiger partial charge in [-0.25, -0.2) is 4.79 Å². The molecule has 5 nitrogen and oxygen atoms in total. The molecule has 0 atom stereocenters. The molecule has 0 aromatic carbocycles. The topological polar surface area (TPSA) is 69.8 Å². The van der Waals surface area contributed by atoms with Crippen LogP contribution in [0.15, 0.2) is 4.79 Å². The van der Waals surface area contributed by atoms with Gasteiger partial charge >= 0.3 is 5.69 Å². The molecular weight excluding hydrogens is 192 g/mol. The predicted molar refractivity (Wildman–Crippen MR) is 56.9 cm³/mol. The first-order valence-corrected chi connectivity index (χ1v) is 5.42. The smallest absolute Gasteiger partial charge is 0.347 e. The van der Waals surface area contributed by atoms with Gasteiger partial charge in [-0.2, -0.15) is 4.98 Å². The van der Waals surface area contributed by atoms with E-state index < -0.39 is 0 Å². The van der Waals surface area contributed by atoms with E-state index in [4.69, 9.17) is 0 Å². The molecule has 1 saturated carbocycles. The van der Waals surface area contributed by atoms with Crippen LogP contribution in [0.4, 0.5) is 5.82 Å². The van der Waals surface area contributed by atoms with Crippen molar-refractivity contribution in [1.82, 2.24) is 15.3 Å². The summed E-state index contributed by atoms with van der Waals surface area (Å²) in [6.45, 7) is 1.70. The minimum absolute atomic E-state index is 0.249. The van der Waals surface area contributed by atoms with E-state index in [1.807, 2.05) is 0 Å². The zero-order valence-electron chi connectivity index (χ0n) is 8.47. The van der Waals surface area contributed by atoms with Gasteiger partial charge in [0, 0.05) is 23.8 Å². The van der Waals surface area contributed by atoms with Crippen LogP contribution in [0.3, 0.4) is 0 Å². The molecule has 0 amide bonds. The molecule has 80 valence electrons. The minimum Gasteiger partial charge on any atom is -0.367 e. The molecule has 0 saturated heterocycles. The van der Waals surface area contributed by atoms with E-state index in [1.165, 1.54) is 18.4 Å². The highest BCUT2D eigenvalue weighted by molar-refractivity contribution is 5.48. The number of H-pyrrole nitrogens is 1. The largest absolute Gasteiger partial charge is 0.367 e. The Bertz CT molecular complexity index is 436. The maximum Gasteiger partial charge on any atom is 0.347 e. The second-order valence-electron chi connectivity index (χ2n) is 4.19. The van der Waals surface area contributed by atoms with Gasteiger partial charge in [-0.15, -0.1) is 0 Å². The maximum absolute atomic E-state index is 11.3. The predicted octanol–water partition coefficient (Wildman–Crippen LogP) is -0.0101. The quantitative estimate of drug-likeness (QED) is 0.636. The van der Waals surface area contributed by atoms with Crippen molar-refractivity contribution in [1.29, 1.82) is 0 Å². The van der Waals surface area contributed by atoms with Gasteiger partial charge in [0.1, 0.15) is 5.82 Å². The van der Waals surface area contributed by atoms with E-state index in [-0.39, 0.29) is 5.69 Å². The Balaban J connectivity index is 2.01. The number of aromatic amines is 1. The molecule has 0 spiro atoms. The lowest BCUT2D eigenvalue weighted by Gasteiger charge is -2.19. The van der Waals surface area contributed by atoms with Crippen molar-refractivity contribution in [3.05, 3.63) is 21.7 Å². The lowest BCUT2D eigenvalue weighted by molar-refractivity contribution is 0.620. The molecule has 2 heterocycles. The van der Waals surface area contributed by atoms with Crippen LogP contribution in [-0.4, -0.2) is 22.6 Å². The van der Waals surface area contributed by atoms with Crippen molar-refractivity contribution in [2.45, 2.75) is 31.8 Å². The molecule has 1 aromatic heterocycles. The fourth-order valence-corrected chi connectivity index (χ4v) is 1.93. The average molecular weight is 206 g/mol. The first-order chi connectivity index (χ1) is 7.33. The van der Waals surface area contributed by atoms with Gasteiger partial charge in [-0.05, 0) is 25.8 Å². The molecule has 1 aromatic rings. The van der Waals surface area contributed by atoms with Gasteiger partial charge in [0.25, 0.3) is 0 Å². The van der Waals surface area contributed by atoms with Crippen LogP contribution >= 0.6 is 0 Å². The number of rotatable bonds is 2. The van der Waals surface area contributed by atoms with Gasteiger partial charge in [-0.3, -0.25) is 0 Å². The molecular formula is C10H14N4O. The zero-order chi connectivity index (χ0) is 10.3. The first-order valence-electron chi connectivity index (χ1n) is 5.42. The van der Waals surface area contributed by atoms with E-state index in [0.29, 0.717) is 6.04 Å². The Morgan fingerprint density at radius 1 is 1.40 bits per heavy atom. The fourth-order valence-electron chi connectivity index (χ4n) is 1.93. The van der Waals surface area contributed by atoms with Gasteiger partial charge in [0.05, 0.1) is 0 Å². The van der Waals surface area contributed by atoms with Gasteiger partial charge in [0.15, 0.2) is 0 Å². The van der Waals surface area contributed by atoms with Crippen LogP contribution in [0.1, 0.15) is 24.1 Å². The van der Waals surface area contributed by atoms with Crippen LogP contribution in [0.5, 0.6) is 0 Å². The summed E-state index contributed by atoms with van der Waals surface area (Å²) < 4.78 is 0. The second-order valence-corrected chi connectivity index (χ2v) is 4.19. The van der Waals surface area contributed by atoms with Crippen molar-refractivity contribution in [3.8, 4) is 0 Å². The molecule has 0 bridgehead atoms. The third kappa shape index (κ3) is 1.74. The highest BCUT2D eigenvalue weighted by atomic mass is 16.1. The Morgan fingerprint density at radius 3 is 3.07 bits per heavy atom. The number of nitrogens with one attached hydrogen (secondary N) is 3. The third-order valence-corrected chi connectivity index (χ3v) is 2.89. The number of fused-ring (bicyclic) bond motifs is 1. The lowest BCUT2D eigenvalue weighted by atomic mass is 10.1. The van der Waals surface area contributed by atoms with E-state index in [1.54, 1.807) is 0 Å². The van der Waals surface area contributed by atoms with Crippen LogP contribution in [-0.2, 0) is 13.0 Å². The van der Waals surface area contributed by atoms with Crippen LogP contribution < -0.4 is 16.3 Å². The summed E-state index contributed by atoms with van der Waals surface area (Å²) in [4.78, 5) is 18.1. The number of hydrogen-bond acceptors (Lipinski definition) is 4. The van der Waals surface area contributed by atoms with E-state index >= 15 is 0 Å². The lowest BCUT2D eigenvalue weighted by Crippen LogP contribution is -2.30. The fraction of sp³-hybridized carbons (Fsp3) is 0.600. The summed E-state index contributed by atoms with van der Waals surface area (Å²) in [7, 11) is 0. The van der Waals surface area contributed by atoms with Crippen molar-refractivity contribution in [3.63, 3.8) is 0 Å². The van der Waals surface area contributed by atoms with Crippen molar-refractivity contribution >= 4 is 5.82 Å². The van der Waals surface area contributed by atoms with Crippen molar-refractivity contribution in [2.24, 2.45) is 0 Å². The number of aromatic nitrogens is 2. The molecule has 0 radical (unpaired) electrons. The molecule has 1 aliphatic carbocycles. The van der Waals surface area contributed by atoms with E-state index in [2.05, 4.69) is 20.6 Å². The molecule has 1 aliphatic heterocycles. The summed E-state index contributed by atoms with van der Waals surface area (Å²) in [6.07, 6.45) is 3.33. The minimum atomic E-state index is -0.249. The van der Waals surface area contributed by atoms with Crippen LogP contribution in [0, 0.1) is 0 Å². The number of anilines is 1. The molecule has 5 heteroatoms. The molecule has 3 N–H and O–H groups in total. The zero-order valence-corrected chi connectivity index (χ0v) is 8.47. The average Bonchev–Trinajstić information content (AvgIpc) is 3.01. The van der Waals surface area contributed by atoms with E-state index in [0.717, 1.165) is 31.0 Å². The monoisotopic (exact) mass is 206 g/mol. The van der Waals surface area contributed by atoms with Crippen molar-refractivity contribution < 1.29 is 0 Å². The Morgan fingerprint density at radius 2 is 2.27 bits per heavy atom. The van der Waals surface area contributed by atoms with Crippen molar-refractivity contribution in [2.75, 3.05) is 11.9 Å². The third-order valence-electron chi connectivity index (χ3n) is 2.89. The summed E-state index contributed by atoms with van der Waals surface area (Å²) in [6, 6.07) is 0.540. The van der Waals surface area contributed by atoms with Crippen LogP contribution in [0.25, 0.3) is 0 Å². The number of nitrogens with zero attached hydrogens (tertiary/aromatic N) is 1. The summed E-state index contributed by atoms with van der Waals surface area (Å²) >= 11 is 0. The second kappa shape index (κ2) is 3.34. The molecule has 0 unspecified atom stereocenters. The first kappa shape index (κ1) is 8.91. The molecule has 2 aliphatic rings. The van der Waals surface area contributed by atoms with Gasteiger partial charge < -0.3 is 15.6 Å². The molecule has 3 rings (SSSR count). The highest BCUT2D eigenvalue weighted by Gasteiger charge is 2.24. The summed E-state index contributed by atoms with van der Waals surface area (Å²) in [5, 5.41) is 6.56. The normalized spacial score (nSPS) is 19.7. The molecule has 1 fully saturated rings. The highest BCUT2D eigenvalue weighted by Crippen LogP contribution is 2.26. The van der Waals surface area contributed by atoms with Gasteiger partial charge in [0.2, 0.25) is 0 Å². The Hall–Kier alpha value is -1.36. The standard InChI is InChI=1S/C10H14N4O/c15-10-13-8-5-11-4-3-7(8)9(14-10)12-6-1-2-6/h6,11H,1-5H2,(H2,12,13,14,15). The summed E-state index contributed by atoms with van der Waals surface area (Å²) in [5.74, 6) is 0.803. The Kier molecular flexibility index (Phi) is 1.98. The molecule has 15 heavy (non-hydrogen) atoms. The maximum atomic E-state index is 11.3. The SMILES string of the molecule is O=c1nc(NC2CC2)c2c([nH]1)CNCC2.